The molecule has 0 heterocycles. The molecular weight excluding hydrogens is 260 g/mol. The Hall–Kier alpha value is -1.03. The van der Waals surface area contributed by atoms with Gasteiger partial charge in [-0.05, 0) is 52.9 Å². The zero-order chi connectivity index (χ0) is 11.6. The van der Waals surface area contributed by atoms with Crippen LogP contribution in [0.3, 0.4) is 0 Å². The van der Waals surface area contributed by atoms with Crippen molar-refractivity contribution in [3.05, 3.63) is 27.2 Å². The van der Waals surface area contributed by atoms with Crippen LogP contribution in [0.25, 0.3) is 0 Å². The number of rotatable bonds is 3. The van der Waals surface area contributed by atoms with E-state index >= 15 is 0 Å². The SMILES string of the molecule is Cc1cc(CCC(=O)O)c(O)c(Br)c1C. The number of benzene rings is 1. The van der Waals surface area contributed by atoms with Crippen molar-refractivity contribution in [3.63, 3.8) is 0 Å². The molecule has 0 fully saturated rings. The van der Waals surface area contributed by atoms with E-state index in [0.29, 0.717) is 16.5 Å². The van der Waals surface area contributed by atoms with Gasteiger partial charge in [0.15, 0.2) is 0 Å². The average molecular weight is 273 g/mol. The van der Waals surface area contributed by atoms with Crippen LogP contribution >= 0.6 is 15.9 Å². The summed E-state index contributed by atoms with van der Waals surface area (Å²) in [5.74, 6) is -0.705. The predicted molar refractivity (Wildman–Crippen MR) is 61.2 cm³/mol. The summed E-state index contributed by atoms with van der Waals surface area (Å²) in [5, 5.41) is 18.3. The van der Waals surface area contributed by atoms with E-state index < -0.39 is 5.97 Å². The molecule has 0 atom stereocenters. The van der Waals surface area contributed by atoms with Gasteiger partial charge >= 0.3 is 5.97 Å². The Balaban J connectivity index is 3.04. The minimum atomic E-state index is -0.858. The molecule has 82 valence electrons. The van der Waals surface area contributed by atoms with Crippen molar-refractivity contribution in [2.75, 3.05) is 0 Å². The van der Waals surface area contributed by atoms with Crippen LogP contribution < -0.4 is 0 Å². The fourth-order valence-corrected chi connectivity index (χ4v) is 1.93. The zero-order valence-electron chi connectivity index (χ0n) is 8.67. The number of hydrogen-bond acceptors (Lipinski definition) is 2. The number of aliphatic carboxylic acids is 1. The zero-order valence-corrected chi connectivity index (χ0v) is 10.3. The minimum Gasteiger partial charge on any atom is -0.506 e. The molecule has 1 rings (SSSR count). The molecule has 0 bridgehead atoms. The van der Waals surface area contributed by atoms with Crippen LogP contribution in [0.2, 0.25) is 0 Å². The Morgan fingerprint density at radius 1 is 1.47 bits per heavy atom. The van der Waals surface area contributed by atoms with Crippen molar-refractivity contribution in [1.29, 1.82) is 0 Å². The molecule has 2 N–H and O–H groups in total. The second-order valence-corrected chi connectivity index (χ2v) is 4.33. The lowest BCUT2D eigenvalue weighted by atomic mass is 10.0. The summed E-state index contributed by atoms with van der Waals surface area (Å²) in [6.07, 6.45) is 0.378. The van der Waals surface area contributed by atoms with Crippen LogP contribution in [0.15, 0.2) is 10.5 Å². The van der Waals surface area contributed by atoms with Crippen molar-refractivity contribution >= 4 is 21.9 Å². The predicted octanol–water partition coefficient (Wildman–Crippen LogP) is 2.79. The van der Waals surface area contributed by atoms with E-state index in [4.69, 9.17) is 5.11 Å². The molecule has 0 aromatic heterocycles. The number of halogens is 1. The Labute approximate surface area is 96.9 Å². The van der Waals surface area contributed by atoms with Crippen LogP contribution in [-0.4, -0.2) is 16.2 Å². The molecule has 0 saturated carbocycles. The highest BCUT2D eigenvalue weighted by Crippen LogP contribution is 2.33. The highest BCUT2D eigenvalue weighted by atomic mass is 79.9. The Bertz CT molecular complexity index is 399. The normalized spacial score (nSPS) is 10.3. The first-order valence-corrected chi connectivity index (χ1v) is 5.42. The second-order valence-electron chi connectivity index (χ2n) is 3.53. The maximum Gasteiger partial charge on any atom is 0.303 e. The first-order chi connectivity index (χ1) is 6.93. The number of hydrogen-bond donors (Lipinski definition) is 2. The minimum absolute atomic E-state index is 0.0303. The molecule has 0 saturated heterocycles. The number of phenolic OH excluding ortho intramolecular Hbond substituents is 1. The van der Waals surface area contributed by atoms with Gasteiger partial charge in [-0.1, -0.05) is 6.07 Å². The van der Waals surface area contributed by atoms with Gasteiger partial charge in [0.05, 0.1) is 4.47 Å². The molecule has 0 spiro atoms. The lowest BCUT2D eigenvalue weighted by molar-refractivity contribution is -0.136. The molecule has 1 aromatic rings. The third-order valence-electron chi connectivity index (χ3n) is 2.43. The topological polar surface area (TPSA) is 57.5 Å². The number of aromatic hydroxyl groups is 1. The third-order valence-corrected chi connectivity index (χ3v) is 3.40. The molecule has 0 unspecified atom stereocenters. The molecule has 0 radical (unpaired) electrons. The van der Waals surface area contributed by atoms with Gasteiger partial charge in [0.1, 0.15) is 5.75 Å². The van der Waals surface area contributed by atoms with Crippen LogP contribution in [0.4, 0.5) is 0 Å². The van der Waals surface area contributed by atoms with E-state index in [1.165, 1.54) is 0 Å². The molecule has 0 aliphatic heterocycles. The number of carboxylic acid groups (broad SMARTS) is 1. The van der Waals surface area contributed by atoms with Crippen LogP contribution in [-0.2, 0) is 11.2 Å². The van der Waals surface area contributed by atoms with Crippen molar-refractivity contribution in [3.8, 4) is 5.75 Å². The van der Waals surface area contributed by atoms with E-state index in [0.717, 1.165) is 11.1 Å². The molecule has 4 heteroatoms. The Morgan fingerprint density at radius 2 is 2.07 bits per heavy atom. The molecule has 15 heavy (non-hydrogen) atoms. The summed E-state index contributed by atoms with van der Waals surface area (Å²) in [5.41, 5.74) is 2.69. The van der Waals surface area contributed by atoms with Crippen LogP contribution in [0.1, 0.15) is 23.1 Å². The van der Waals surface area contributed by atoms with Crippen molar-refractivity contribution in [1.82, 2.24) is 0 Å². The number of aryl methyl sites for hydroxylation is 2. The number of carbonyl (C=O) groups is 1. The maximum atomic E-state index is 10.4. The fraction of sp³-hybridized carbons (Fsp3) is 0.364. The summed E-state index contributed by atoms with van der Waals surface area (Å²) in [7, 11) is 0. The van der Waals surface area contributed by atoms with Gasteiger partial charge in [0.2, 0.25) is 0 Å². The van der Waals surface area contributed by atoms with Crippen molar-refractivity contribution < 1.29 is 15.0 Å². The highest BCUT2D eigenvalue weighted by Gasteiger charge is 2.11. The van der Waals surface area contributed by atoms with Gasteiger partial charge in [-0.25, -0.2) is 0 Å². The molecule has 3 nitrogen and oxygen atoms in total. The van der Waals surface area contributed by atoms with Gasteiger partial charge in [-0.2, -0.15) is 0 Å². The molecular formula is C11H13BrO3. The average Bonchev–Trinajstić information content (AvgIpc) is 2.18. The van der Waals surface area contributed by atoms with Crippen molar-refractivity contribution in [2.24, 2.45) is 0 Å². The van der Waals surface area contributed by atoms with E-state index in [-0.39, 0.29) is 12.2 Å². The van der Waals surface area contributed by atoms with Gasteiger partial charge in [-0.3, -0.25) is 4.79 Å². The van der Waals surface area contributed by atoms with E-state index in [1.54, 1.807) is 0 Å². The van der Waals surface area contributed by atoms with Crippen molar-refractivity contribution in [2.45, 2.75) is 26.7 Å². The summed E-state index contributed by atoms with van der Waals surface area (Å²) >= 11 is 3.29. The van der Waals surface area contributed by atoms with Gasteiger partial charge in [-0.15, -0.1) is 0 Å². The molecule has 0 aliphatic carbocycles. The van der Waals surface area contributed by atoms with Crippen LogP contribution in [0, 0.1) is 13.8 Å². The van der Waals surface area contributed by atoms with Crippen LogP contribution in [0.5, 0.6) is 5.75 Å². The molecule has 1 aromatic carbocycles. The molecule has 0 amide bonds. The Kier molecular flexibility index (Phi) is 3.74. The number of carboxylic acids is 1. The first kappa shape index (κ1) is 12.0. The van der Waals surface area contributed by atoms with E-state index in [9.17, 15) is 9.90 Å². The monoisotopic (exact) mass is 272 g/mol. The summed E-state index contributed by atoms with van der Waals surface area (Å²) in [6.45, 7) is 3.84. The largest absolute Gasteiger partial charge is 0.506 e. The summed E-state index contributed by atoms with van der Waals surface area (Å²) in [6, 6.07) is 1.83. The second kappa shape index (κ2) is 4.66. The van der Waals surface area contributed by atoms with E-state index in [2.05, 4.69) is 15.9 Å². The third kappa shape index (κ3) is 2.72. The van der Waals surface area contributed by atoms with Gasteiger partial charge in [0.25, 0.3) is 0 Å². The molecule has 0 aliphatic rings. The maximum absolute atomic E-state index is 10.4. The van der Waals surface area contributed by atoms with Gasteiger partial charge < -0.3 is 10.2 Å². The Morgan fingerprint density at radius 3 is 2.60 bits per heavy atom. The van der Waals surface area contributed by atoms with Gasteiger partial charge in [0, 0.05) is 6.42 Å². The van der Waals surface area contributed by atoms with E-state index in [1.807, 2.05) is 19.9 Å². The standard InChI is InChI=1S/C11H13BrO3/c1-6-5-8(3-4-9(13)14)11(15)10(12)7(6)2/h5,15H,3-4H2,1-2H3,(H,13,14). The summed E-state index contributed by atoms with van der Waals surface area (Å²) in [4.78, 5) is 10.4. The highest BCUT2D eigenvalue weighted by molar-refractivity contribution is 9.10. The lowest BCUT2D eigenvalue weighted by Crippen LogP contribution is -1.99. The fourth-order valence-electron chi connectivity index (χ4n) is 1.36. The summed E-state index contributed by atoms with van der Waals surface area (Å²) < 4.78 is 0.655. The number of phenols is 1. The lowest BCUT2D eigenvalue weighted by Gasteiger charge is -2.10. The first-order valence-electron chi connectivity index (χ1n) is 4.62. The quantitative estimate of drug-likeness (QED) is 0.890. The smallest absolute Gasteiger partial charge is 0.303 e.